The molecule has 0 aliphatic rings. The number of benzene rings is 2. The van der Waals surface area contributed by atoms with Crippen molar-refractivity contribution in [3.8, 4) is 11.5 Å². The zero-order valence-corrected chi connectivity index (χ0v) is 12.5. The predicted octanol–water partition coefficient (Wildman–Crippen LogP) is 4.93. The lowest BCUT2D eigenvalue weighted by molar-refractivity contribution is 0.224. The number of rotatable bonds is 4. The van der Waals surface area contributed by atoms with Crippen molar-refractivity contribution in [1.29, 1.82) is 0 Å². The fourth-order valence-corrected chi connectivity index (χ4v) is 2.92. The van der Waals surface area contributed by atoms with Crippen molar-refractivity contribution in [3.63, 3.8) is 0 Å². The molecule has 2 nitrogen and oxygen atoms in total. The van der Waals surface area contributed by atoms with Gasteiger partial charge in [0.1, 0.15) is 17.6 Å². The molecule has 3 heteroatoms. The first-order valence-corrected chi connectivity index (χ1v) is 7.67. The second-order valence-electron chi connectivity index (χ2n) is 4.86. The fraction of sp³-hybridized carbons (Fsp3) is 0.111. The lowest BCUT2D eigenvalue weighted by atomic mass is 10.0. The molecule has 0 fully saturated rings. The Morgan fingerprint density at radius 3 is 2.48 bits per heavy atom. The molecule has 0 aliphatic heterocycles. The van der Waals surface area contributed by atoms with Crippen LogP contribution in [0.15, 0.2) is 66.0 Å². The Morgan fingerprint density at radius 2 is 1.81 bits per heavy atom. The summed E-state index contributed by atoms with van der Waals surface area (Å²) in [6, 6.07) is 19.4. The summed E-state index contributed by atoms with van der Waals surface area (Å²) in [5.74, 6) is 1.62. The lowest BCUT2D eigenvalue weighted by Crippen LogP contribution is -1.98. The minimum Gasteiger partial charge on any atom is -0.457 e. The average molecular weight is 296 g/mol. The molecule has 2 aromatic carbocycles. The maximum absolute atomic E-state index is 10.4. The molecule has 1 aromatic heterocycles. The molecule has 0 saturated carbocycles. The summed E-state index contributed by atoms with van der Waals surface area (Å²) in [5.41, 5.74) is 1.89. The van der Waals surface area contributed by atoms with Crippen molar-refractivity contribution in [2.75, 3.05) is 0 Å². The van der Waals surface area contributed by atoms with Crippen LogP contribution in [0.5, 0.6) is 11.5 Å². The van der Waals surface area contributed by atoms with Crippen molar-refractivity contribution in [3.05, 3.63) is 82.0 Å². The topological polar surface area (TPSA) is 29.5 Å². The number of aliphatic hydroxyl groups excluding tert-OH is 1. The molecular formula is C18H16O2S. The maximum Gasteiger partial charge on any atom is 0.130 e. The third-order valence-corrected chi connectivity index (χ3v) is 4.22. The van der Waals surface area contributed by atoms with Gasteiger partial charge >= 0.3 is 0 Å². The van der Waals surface area contributed by atoms with Crippen LogP contribution < -0.4 is 4.74 Å². The molecule has 3 rings (SSSR count). The molecule has 21 heavy (non-hydrogen) atoms. The third-order valence-electron chi connectivity index (χ3n) is 3.30. The summed E-state index contributed by atoms with van der Waals surface area (Å²) in [5, 5.41) is 12.3. The van der Waals surface area contributed by atoms with Gasteiger partial charge in [0.2, 0.25) is 0 Å². The van der Waals surface area contributed by atoms with E-state index in [0.29, 0.717) is 0 Å². The largest absolute Gasteiger partial charge is 0.457 e. The summed E-state index contributed by atoms with van der Waals surface area (Å²) in [4.78, 5) is 0.950. The summed E-state index contributed by atoms with van der Waals surface area (Å²) in [7, 11) is 0. The molecule has 0 aliphatic carbocycles. The molecule has 106 valence electrons. The number of para-hydroxylation sites is 1. The second kappa shape index (κ2) is 6.12. The Bertz CT molecular complexity index is 705. The van der Waals surface area contributed by atoms with Gasteiger partial charge in [-0.15, -0.1) is 11.3 Å². The van der Waals surface area contributed by atoms with Crippen LogP contribution in [0.25, 0.3) is 0 Å². The Morgan fingerprint density at radius 1 is 1.00 bits per heavy atom. The number of thiophene rings is 1. The Balaban J connectivity index is 1.83. The Kier molecular flexibility index (Phi) is 4.04. The van der Waals surface area contributed by atoms with Gasteiger partial charge in [-0.2, -0.15) is 0 Å². The minimum absolute atomic E-state index is 0.575. The first-order chi connectivity index (χ1) is 10.2. The first kappa shape index (κ1) is 13.9. The van der Waals surface area contributed by atoms with E-state index in [0.717, 1.165) is 27.5 Å². The fourth-order valence-electron chi connectivity index (χ4n) is 2.18. The van der Waals surface area contributed by atoms with Crippen molar-refractivity contribution >= 4 is 11.3 Å². The quantitative estimate of drug-likeness (QED) is 0.739. The van der Waals surface area contributed by atoms with E-state index in [1.165, 1.54) is 0 Å². The van der Waals surface area contributed by atoms with E-state index >= 15 is 0 Å². The van der Waals surface area contributed by atoms with E-state index in [2.05, 4.69) is 0 Å². The van der Waals surface area contributed by atoms with Gasteiger partial charge in [0.15, 0.2) is 0 Å². The second-order valence-corrected chi connectivity index (χ2v) is 5.84. The van der Waals surface area contributed by atoms with Gasteiger partial charge < -0.3 is 9.84 Å². The molecule has 3 aromatic rings. The molecule has 0 radical (unpaired) electrons. The van der Waals surface area contributed by atoms with E-state index in [4.69, 9.17) is 4.74 Å². The van der Waals surface area contributed by atoms with Crippen LogP contribution in [-0.4, -0.2) is 5.11 Å². The highest BCUT2D eigenvalue weighted by molar-refractivity contribution is 7.10. The number of aliphatic hydroxyl groups is 1. The molecule has 0 spiro atoms. The smallest absolute Gasteiger partial charge is 0.130 e. The maximum atomic E-state index is 10.4. The molecule has 1 N–H and O–H groups in total. The van der Waals surface area contributed by atoms with E-state index in [-0.39, 0.29) is 0 Å². The normalized spacial score (nSPS) is 12.1. The van der Waals surface area contributed by atoms with Crippen LogP contribution in [0.3, 0.4) is 0 Å². The number of aryl methyl sites for hydroxylation is 1. The van der Waals surface area contributed by atoms with E-state index in [1.54, 1.807) is 11.3 Å². The van der Waals surface area contributed by atoms with Gasteiger partial charge in [-0.3, -0.25) is 0 Å². The van der Waals surface area contributed by atoms with Crippen molar-refractivity contribution < 1.29 is 9.84 Å². The van der Waals surface area contributed by atoms with Gasteiger partial charge in [0.25, 0.3) is 0 Å². The minimum atomic E-state index is -0.575. The number of hydrogen-bond donors (Lipinski definition) is 1. The van der Waals surface area contributed by atoms with Crippen LogP contribution in [0, 0.1) is 6.92 Å². The summed E-state index contributed by atoms with van der Waals surface area (Å²) >= 11 is 1.56. The SMILES string of the molecule is Cc1cc(C(O)c2cccs2)ccc1Oc1ccccc1. The summed E-state index contributed by atoms with van der Waals surface area (Å²) < 4.78 is 5.86. The summed E-state index contributed by atoms with van der Waals surface area (Å²) in [6.07, 6.45) is -0.575. The van der Waals surface area contributed by atoms with Crippen LogP contribution in [0.4, 0.5) is 0 Å². The van der Waals surface area contributed by atoms with Gasteiger partial charge in [-0.25, -0.2) is 0 Å². The number of ether oxygens (including phenoxy) is 1. The van der Waals surface area contributed by atoms with Gasteiger partial charge in [-0.05, 0) is 53.8 Å². The molecule has 1 atom stereocenters. The highest BCUT2D eigenvalue weighted by Gasteiger charge is 2.13. The highest BCUT2D eigenvalue weighted by atomic mass is 32.1. The lowest BCUT2D eigenvalue weighted by Gasteiger charge is -2.13. The van der Waals surface area contributed by atoms with E-state index in [9.17, 15) is 5.11 Å². The van der Waals surface area contributed by atoms with E-state index < -0.39 is 6.10 Å². The monoisotopic (exact) mass is 296 g/mol. The third kappa shape index (κ3) is 3.15. The first-order valence-electron chi connectivity index (χ1n) is 6.79. The average Bonchev–Trinajstić information content (AvgIpc) is 3.04. The molecule has 1 unspecified atom stereocenters. The van der Waals surface area contributed by atoms with Crippen LogP contribution in [0.1, 0.15) is 22.1 Å². The molecule has 0 bridgehead atoms. The Labute approximate surface area is 128 Å². The van der Waals surface area contributed by atoms with Crippen molar-refractivity contribution in [2.24, 2.45) is 0 Å². The number of hydrogen-bond acceptors (Lipinski definition) is 3. The van der Waals surface area contributed by atoms with Crippen LogP contribution in [0.2, 0.25) is 0 Å². The molecule has 0 amide bonds. The van der Waals surface area contributed by atoms with Crippen LogP contribution >= 0.6 is 11.3 Å². The predicted molar refractivity (Wildman–Crippen MR) is 86.1 cm³/mol. The van der Waals surface area contributed by atoms with Gasteiger partial charge in [-0.1, -0.05) is 30.3 Å². The van der Waals surface area contributed by atoms with Gasteiger partial charge in [0, 0.05) is 4.88 Å². The zero-order valence-electron chi connectivity index (χ0n) is 11.7. The standard InChI is InChI=1S/C18H16O2S/c1-13-12-14(18(19)17-8-5-11-21-17)9-10-16(13)20-15-6-3-2-4-7-15/h2-12,18-19H,1H3. The highest BCUT2D eigenvalue weighted by Crippen LogP contribution is 2.31. The Hall–Kier alpha value is -2.10. The van der Waals surface area contributed by atoms with Crippen LogP contribution in [-0.2, 0) is 0 Å². The van der Waals surface area contributed by atoms with Crippen molar-refractivity contribution in [1.82, 2.24) is 0 Å². The van der Waals surface area contributed by atoms with Gasteiger partial charge in [0.05, 0.1) is 0 Å². The molecular weight excluding hydrogens is 280 g/mol. The summed E-state index contributed by atoms with van der Waals surface area (Å²) in [6.45, 7) is 1.99. The van der Waals surface area contributed by atoms with Crippen molar-refractivity contribution in [2.45, 2.75) is 13.0 Å². The molecule has 1 heterocycles. The van der Waals surface area contributed by atoms with E-state index in [1.807, 2.05) is 73.0 Å². The molecule has 0 saturated heterocycles. The zero-order chi connectivity index (χ0) is 14.7.